The molecule has 0 unspecified atom stereocenters. The molecule has 0 bridgehead atoms. The molecule has 0 aliphatic heterocycles. The average Bonchev–Trinajstić information content (AvgIpc) is 2.55. The van der Waals surface area contributed by atoms with E-state index < -0.39 is 0 Å². The first-order valence-corrected chi connectivity index (χ1v) is 8.70. The zero-order valence-electron chi connectivity index (χ0n) is 14.4. The number of halogens is 1. The lowest BCUT2D eigenvalue weighted by Gasteiger charge is -2.15. The van der Waals surface area contributed by atoms with Crippen molar-refractivity contribution in [1.29, 1.82) is 0 Å². The number of aryl methyl sites for hydroxylation is 1. The van der Waals surface area contributed by atoms with Gasteiger partial charge in [-0.3, -0.25) is 4.79 Å². The third-order valence-corrected chi connectivity index (χ3v) is 4.40. The van der Waals surface area contributed by atoms with Gasteiger partial charge in [-0.1, -0.05) is 41.9 Å². The number of carbonyl (C=O) groups excluding carboxylic acids is 1. The molecule has 0 heterocycles. The molecule has 0 atom stereocenters. The number of hydrazone groups is 1. The maximum atomic E-state index is 11.9. The quantitative estimate of drug-likeness (QED) is 0.561. The molecule has 0 radical (unpaired) electrons. The second-order valence-corrected chi connectivity index (χ2v) is 6.83. The van der Waals surface area contributed by atoms with Gasteiger partial charge in [0.1, 0.15) is 11.5 Å². The molecule has 132 valence electrons. The van der Waals surface area contributed by atoms with E-state index in [1.807, 2.05) is 19.1 Å². The number of aromatic hydroxyl groups is 1. The molecular formula is C19H21BrN2O3. The van der Waals surface area contributed by atoms with Crippen molar-refractivity contribution in [2.24, 2.45) is 5.10 Å². The summed E-state index contributed by atoms with van der Waals surface area (Å²) < 4.78 is 6.69. The van der Waals surface area contributed by atoms with Crippen LogP contribution in [0.25, 0.3) is 0 Å². The number of hydrogen-bond acceptors (Lipinski definition) is 4. The van der Waals surface area contributed by atoms with E-state index in [-0.39, 0.29) is 24.2 Å². The van der Waals surface area contributed by atoms with Crippen LogP contribution in [0.1, 0.15) is 36.5 Å². The number of carbonyl (C=O) groups is 1. The van der Waals surface area contributed by atoms with E-state index in [2.05, 4.69) is 40.3 Å². The highest BCUT2D eigenvalue weighted by Crippen LogP contribution is 2.32. The van der Waals surface area contributed by atoms with E-state index in [9.17, 15) is 9.90 Å². The van der Waals surface area contributed by atoms with E-state index in [1.54, 1.807) is 24.3 Å². The van der Waals surface area contributed by atoms with Crippen molar-refractivity contribution in [3.63, 3.8) is 0 Å². The Kier molecular flexibility index (Phi) is 6.58. The minimum atomic E-state index is -0.355. The maximum Gasteiger partial charge on any atom is 0.277 e. The molecule has 0 aliphatic carbocycles. The fraction of sp³-hybridized carbons (Fsp3) is 0.263. The van der Waals surface area contributed by atoms with Gasteiger partial charge in [-0.05, 0) is 53.8 Å². The highest BCUT2D eigenvalue weighted by atomic mass is 79.9. The van der Waals surface area contributed by atoms with Gasteiger partial charge in [0.15, 0.2) is 6.61 Å². The predicted molar refractivity (Wildman–Crippen MR) is 102 cm³/mol. The maximum absolute atomic E-state index is 11.9. The third-order valence-electron chi connectivity index (χ3n) is 3.54. The number of nitrogens with one attached hydrogen (secondary N) is 1. The first-order chi connectivity index (χ1) is 11.9. The molecule has 25 heavy (non-hydrogen) atoms. The number of phenols is 1. The Morgan fingerprint density at radius 1 is 1.36 bits per heavy atom. The van der Waals surface area contributed by atoms with Crippen LogP contribution in [0.2, 0.25) is 0 Å². The van der Waals surface area contributed by atoms with Gasteiger partial charge < -0.3 is 9.84 Å². The SMILES string of the molecule is Cc1cc(OCC(=O)N/N=C\c2cccc(O)c2)c(C(C)C)cc1Br. The van der Waals surface area contributed by atoms with Crippen molar-refractivity contribution < 1.29 is 14.6 Å². The Balaban J connectivity index is 1.95. The van der Waals surface area contributed by atoms with E-state index in [1.165, 1.54) is 6.21 Å². The van der Waals surface area contributed by atoms with Gasteiger partial charge in [-0.15, -0.1) is 0 Å². The van der Waals surface area contributed by atoms with Gasteiger partial charge >= 0.3 is 0 Å². The highest BCUT2D eigenvalue weighted by molar-refractivity contribution is 9.10. The Labute approximate surface area is 155 Å². The molecule has 0 spiro atoms. The van der Waals surface area contributed by atoms with Crippen LogP contribution in [0.3, 0.4) is 0 Å². The summed E-state index contributed by atoms with van der Waals surface area (Å²) in [6.07, 6.45) is 1.46. The molecular weight excluding hydrogens is 384 g/mol. The normalized spacial score (nSPS) is 11.1. The smallest absolute Gasteiger partial charge is 0.277 e. The van der Waals surface area contributed by atoms with Crippen molar-refractivity contribution in [3.8, 4) is 11.5 Å². The fourth-order valence-electron chi connectivity index (χ4n) is 2.21. The number of rotatable bonds is 6. The van der Waals surface area contributed by atoms with Crippen molar-refractivity contribution >= 4 is 28.1 Å². The monoisotopic (exact) mass is 404 g/mol. The second-order valence-electron chi connectivity index (χ2n) is 5.97. The number of amides is 1. The van der Waals surface area contributed by atoms with Gasteiger partial charge in [-0.25, -0.2) is 5.43 Å². The number of hydrogen-bond donors (Lipinski definition) is 2. The summed E-state index contributed by atoms with van der Waals surface area (Å²) in [6.45, 7) is 5.99. The summed E-state index contributed by atoms with van der Waals surface area (Å²) in [5, 5.41) is 13.2. The highest BCUT2D eigenvalue weighted by Gasteiger charge is 2.12. The van der Waals surface area contributed by atoms with E-state index >= 15 is 0 Å². The van der Waals surface area contributed by atoms with E-state index in [4.69, 9.17) is 4.74 Å². The van der Waals surface area contributed by atoms with Crippen LogP contribution in [0, 0.1) is 6.92 Å². The van der Waals surface area contributed by atoms with Gasteiger partial charge in [0.25, 0.3) is 5.91 Å². The number of nitrogens with zero attached hydrogens (tertiary/aromatic N) is 1. The molecule has 6 heteroatoms. The summed E-state index contributed by atoms with van der Waals surface area (Å²) in [7, 11) is 0. The summed E-state index contributed by atoms with van der Waals surface area (Å²) in [4.78, 5) is 11.9. The number of benzene rings is 2. The van der Waals surface area contributed by atoms with Gasteiger partial charge in [-0.2, -0.15) is 5.10 Å². The molecule has 0 aliphatic rings. The molecule has 0 saturated heterocycles. The van der Waals surface area contributed by atoms with Crippen molar-refractivity contribution in [2.75, 3.05) is 6.61 Å². The first kappa shape index (κ1) is 19.0. The molecule has 1 amide bonds. The van der Waals surface area contributed by atoms with Crippen molar-refractivity contribution in [3.05, 3.63) is 57.6 Å². The third kappa shape index (κ3) is 5.60. The van der Waals surface area contributed by atoms with Crippen LogP contribution in [-0.2, 0) is 4.79 Å². The molecule has 2 N–H and O–H groups in total. The van der Waals surface area contributed by atoms with Gasteiger partial charge in [0.2, 0.25) is 0 Å². The fourth-order valence-corrected chi connectivity index (χ4v) is 2.57. The summed E-state index contributed by atoms with van der Waals surface area (Å²) in [6, 6.07) is 10.5. The summed E-state index contributed by atoms with van der Waals surface area (Å²) in [5.74, 6) is 0.763. The summed E-state index contributed by atoms with van der Waals surface area (Å²) in [5.41, 5.74) is 5.18. The van der Waals surface area contributed by atoms with Crippen LogP contribution in [0.15, 0.2) is 46.0 Å². The first-order valence-electron chi connectivity index (χ1n) is 7.90. The van der Waals surface area contributed by atoms with Crippen LogP contribution < -0.4 is 10.2 Å². The largest absolute Gasteiger partial charge is 0.508 e. The van der Waals surface area contributed by atoms with Crippen LogP contribution in [0.4, 0.5) is 0 Å². The van der Waals surface area contributed by atoms with Crippen molar-refractivity contribution in [1.82, 2.24) is 5.43 Å². The Bertz CT molecular complexity index is 788. The molecule has 2 aromatic carbocycles. The molecule has 2 aromatic rings. The van der Waals surface area contributed by atoms with Crippen molar-refractivity contribution in [2.45, 2.75) is 26.7 Å². The molecule has 0 aromatic heterocycles. The lowest BCUT2D eigenvalue weighted by atomic mass is 10.0. The number of ether oxygens (including phenoxy) is 1. The minimum Gasteiger partial charge on any atom is -0.508 e. The van der Waals surface area contributed by atoms with E-state index in [0.717, 1.165) is 15.6 Å². The lowest BCUT2D eigenvalue weighted by Crippen LogP contribution is -2.25. The topological polar surface area (TPSA) is 70.9 Å². The van der Waals surface area contributed by atoms with E-state index in [0.29, 0.717) is 11.3 Å². The standard InChI is InChI=1S/C19H21BrN2O3/c1-12(2)16-9-17(20)13(3)7-18(16)25-11-19(24)22-21-10-14-5-4-6-15(23)8-14/h4-10,12,23H,11H2,1-3H3,(H,22,24)/b21-10-. The zero-order chi connectivity index (χ0) is 18.4. The Morgan fingerprint density at radius 3 is 2.80 bits per heavy atom. The second kappa shape index (κ2) is 8.67. The minimum absolute atomic E-state index is 0.127. The van der Waals surface area contributed by atoms with Gasteiger partial charge in [0.05, 0.1) is 6.21 Å². The summed E-state index contributed by atoms with van der Waals surface area (Å²) >= 11 is 3.52. The average molecular weight is 405 g/mol. The Morgan fingerprint density at radius 2 is 2.12 bits per heavy atom. The number of phenolic OH excluding ortho intramolecular Hbond substituents is 1. The lowest BCUT2D eigenvalue weighted by molar-refractivity contribution is -0.123. The molecule has 0 fully saturated rings. The molecule has 5 nitrogen and oxygen atoms in total. The van der Waals surface area contributed by atoms with Crippen LogP contribution >= 0.6 is 15.9 Å². The zero-order valence-corrected chi connectivity index (χ0v) is 16.0. The van der Waals surface area contributed by atoms with Crippen LogP contribution in [0.5, 0.6) is 11.5 Å². The van der Waals surface area contributed by atoms with Gasteiger partial charge in [0, 0.05) is 4.47 Å². The predicted octanol–water partition coefficient (Wildman–Crippen LogP) is 4.12. The van der Waals surface area contributed by atoms with Crippen LogP contribution in [-0.4, -0.2) is 23.8 Å². The Hall–Kier alpha value is -2.34. The molecule has 2 rings (SSSR count). The molecule has 0 saturated carbocycles.